The van der Waals surface area contributed by atoms with Crippen LogP contribution in [-0.4, -0.2) is 16.2 Å². The van der Waals surface area contributed by atoms with E-state index < -0.39 is 12.3 Å². The van der Waals surface area contributed by atoms with Crippen molar-refractivity contribution in [2.24, 2.45) is 0 Å². The van der Waals surface area contributed by atoms with Crippen LogP contribution in [0.3, 0.4) is 0 Å². The molecule has 0 fully saturated rings. The van der Waals surface area contributed by atoms with Crippen LogP contribution in [-0.2, 0) is 4.74 Å². The van der Waals surface area contributed by atoms with E-state index in [1.807, 2.05) is 0 Å². The minimum atomic E-state index is -1.33. The van der Waals surface area contributed by atoms with Crippen LogP contribution in [0.15, 0.2) is 37.2 Å². The van der Waals surface area contributed by atoms with Crippen molar-refractivity contribution in [1.29, 1.82) is 0 Å². The average molecular weight is 179 g/mol. The van der Waals surface area contributed by atoms with Crippen molar-refractivity contribution in [2.75, 3.05) is 0 Å². The summed E-state index contributed by atoms with van der Waals surface area (Å²) in [4.78, 5) is 14.1. The highest BCUT2D eigenvalue weighted by atomic mass is 16.7. The van der Waals surface area contributed by atoms with E-state index in [9.17, 15) is 4.79 Å². The van der Waals surface area contributed by atoms with Gasteiger partial charge in [0.05, 0.1) is 0 Å². The maximum Gasteiger partial charge on any atom is 0.506 e. The van der Waals surface area contributed by atoms with Crippen molar-refractivity contribution >= 4 is 6.16 Å². The van der Waals surface area contributed by atoms with Gasteiger partial charge in [-0.1, -0.05) is 12.6 Å². The minimum absolute atomic E-state index is 0.647. The first-order valence-electron chi connectivity index (χ1n) is 3.66. The number of hydrogen-bond donors (Lipinski definition) is 1. The molecule has 0 spiro atoms. The summed E-state index contributed by atoms with van der Waals surface area (Å²) in [6.45, 7) is 3.47. The summed E-state index contributed by atoms with van der Waals surface area (Å²) in [6.07, 6.45) is 2.57. The lowest BCUT2D eigenvalue weighted by molar-refractivity contribution is 0.0690. The third kappa shape index (κ3) is 2.59. The van der Waals surface area contributed by atoms with Crippen LogP contribution >= 0.6 is 0 Å². The Hall–Kier alpha value is -1.84. The van der Waals surface area contributed by atoms with Crippen molar-refractivity contribution in [2.45, 2.75) is 6.10 Å². The molecule has 0 bridgehead atoms. The predicted molar refractivity (Wildman–Crippen MR) is 46.3 cm³/mol. The molecule has 1 unspecified atom stereocenters. The number of ether oxygens (including phenoxy) is 1. The molecule has 1 rings (SSSR count). The Bertz CT molecular complexity index is 297. The van der Waals surface area contributed by atoms with Crippen LogP contribution in [0.5, 0.6) is 0 Å². The fourth-order valence-electron chi connectivity index (χ4n) is 0.905. The number of aromatic nitrogens is 1. The molecular formula is C9H9NO3. The Morgan fingerprint density at radius 3 is 3.00 bits per heavy atom. The normalized spacial score (nSPS) is 11.7. The first-order valence-corrected chi connectivity index (χ1v) is 3.66. The van der Waals surface area contributed by atoms with Crippen LogP contribution < -0.4 is 0 Å². The largest absolute Gasteiger partial charge is 0.506 e. The van der Waals surface area contributed by atoms with E-state index in [4.69, 9.17) is 5.11 Å². The monoisotopic (exact) mass is 179 g/mol. The van der Waals surface area contributed by atoms with Gasteiger partial charge in [0.2, 0.25) is 0 Å². The molecule has 1 atom stereocenters. The van der Waals surface area contributed by atoms with Gasteiger partial charge >= 0.3 is 6.16 Å². The fraction of sp³-hybridized carbons (Fsp3) is 0.111. The second-order valence-electron chi connectivity index (χ2n) is 2.33. The zero-order valence-corrected chi connectivity index (χ0v) is 6.88. The van der Waals surface area contributed by atoms with Gasteiger partial charge in [0.1, 0.15) is 6.10 Å². The lowest BCUT2D eigenvalue weighted by Crippen LogP contribution is -2.06. The van der Waals surface area contributed by atoms with Gasteiger partial charge < -0.3 is 9.84 Å². The molecule has 0 saturated carbocycles. The van der Waals surface area contributed by atoms with Gasteiger partial charge in [0.15, 0.2) is 0 Å². The third-order valence-electron chi connectivity index (χ3n) is 1.45. The molecule has 0 aromatic carbocycles. The van der Waals surface area contributed by atoms with Crippen LogP contribution in [0, 0.1) is 0 Å². The molecule has 0 saturated heterocycles. The highest BCUT2D eigenvalue weighted by Gasteiger charge is 2.11. The molecule has 4 heteroatoms. The maximum atomic E-state index is 10.3. The van der Waals surface area contributed by atoms with E-state index in [-0.39, 0.29) is 0 Å². The lowest BCUT2D eigenvalue weighted by Gasteiger charge is -2.10. The number of carbonyl (C=O) groups is 1. The van der Waals surface area contributed by atoms with Gasteiger partial charge in [0.25, 0.3) is 0 Å². The molecule has 4 nitrogen and oxygen atoms in total. The van der Waals surface area contributed by atoms with Gasteiger partial charge in [-0.3, -0.25) is 4.98 Å². The van der Waals surface area contributed by atoms with Crippen molar-refractivity contribution < 1.29 is 14.6 Å². The molecule has 0 radical (unpaired) electrons. The first-order chi connectivity index (χ1) is 6.24. The summed E-state index contributed by atoms with van der Waals surface area (Å²) in [6, 6.07) is 3.43. The third-order valence-corrected chi connectivity index (χ3v) is 1.45. The van der Waals surface area contributed by atoms with Crippen LogP contribution in [0.25, 0.3) is 0 Å². The zero-order chi connectivity index (χ0) is 9.68. The molecule has 1 aromatic rings. The zero-order valence-electron chi connectivity index (χ0n) is 6.88. The smallest absolute Gasteiger partial charge is 0.450 e. The van der Waals surface area contributed by atoms with Crippen LogP contribution in [0.1, 0.15) is 11.7 Å². The Kier molecular flexibility index (Phi) is 3.03. The van der Waals surface area contributed by atoms with Crippen molar-refractivity contribution in [1.82, 2.24) is 4.98 Å². The van der Waals surface area contributed by atoms with Gasteiger partial charge in [-0.15, -0.1) is 0 Å². The Labute approximate surface area is 75.5 Å². The van der Waals surface area contributed by atoms with E-state index in [1.54, 1.807) is 18.3 Å². The van der Waals surface area contributed by atoms with E-state index >= 15 is 0 Å². The van der Waals surface area contributed by atoms with Gasteiger partial charge in [-0.25, -0.2) is 4.79 Å². The molecule has 0 aliphatic carbocycles. The van der Waals surface area contributed by atoms with E-state index in [2.05, 4.69) is 16.3 Å². The molecular weight excluding hydrogens is 170 g/mol. The van der Waals surface area contributed by atoms with Crippen molar-refractivity contribution in [3.8, 4) is 0 Å². The van der Waals surface area contributed by atoms with E-state index in [1.165, 1.54) is 12.3 Å². The summed E-state index contributed by atoms with van der Waals surface area (Å²) < 4.78 is 4.54. The second kappa shape index (κ2) is 4.25. The molecule has 1 aromatic heterocycles. The molecule has 0 aliphatic rings. The quantitative estimate of drug-likeness (QED) is 0.569. The standard InChI is InChI=1S/C9H9NO3/c1-2-8(13-9(11)12)7-4-3-5-10-6-7/h2-6,8H,1H2,(H,11,12). The molecule has 0 amide bonds. The fourth-order valence-corrected chi connectivity index (χ4v) is 0.905. The average Bonchev–Trinajstić information content (AvgIpc) is 2.15. The van der Waals surface area contributed by atoms with Crippen LogP contribution in [0.4, 0.5) is 4.79 Å². The summed E-state index contributed by atoms with van der Waals surface area (Å²) in [5.41, 5.74) is 0.667. The molecule has 68 valence electrons. The SMILES string of the molecule is C=CC(OC(=O)O)c1cccnc1. The van der Waals surface area contributed by atoms with Crippen molar-refractivity contribution in [3.63, 3.8) is 0 Å². The molecule has 0 aliphatic heterocycles. The summed E-state index contributed by atoms with van der Waals surface area (Å²) in [7, 11) is 0. The lowest BCUT2D eigenvalue weighted by atomic mass is 10.2. The number of rotatable bonds is 3. The molecule has 13 heavy (non-hydrogen) atoms. The number of carboxylic acid groups (broad SMARTS) is 1. The number of pyridine rings is 1. The van der Waals surface area contributed by atoms with Gasteiger partial charge in [-0.05, 0) is 12.1 Å². The minimum Gasteiger partial charge on any atom is -0.450 e. The maximum absolute atomic E-state index is 10.3. The van der Waals surface area contributed by atoms with E-state index in [0.29, 0.717) is 5.56 Å². The van der Waals surface area contributed by atoms with Gasteiger partial charge in [-0.2, -0.15) is 0 Å². The topological polar surface area (TPSA) is 59.4 Å². The van der Waals surface area contributed by atoms with Gasteiger partial charge in [0, 0.05) is 18.0 Å². The second-order valence-corrected chi connectivity index (χ2v) is 2.33. The summed E-state index contributed by atoms with van der Waals surface area (Å²) >= 11 is 0. The summed E-state index contributed by atoms with van der Waals surface area (Å²) in [5.74, 6) is 0. The molecule has 1 N–H and O–H groups in total. The molecule has 1 heterocycles. The summed E-state index contributed by atoms with van der Waals surface area (Å²) in [5, 5.41) is 8.39. The Morgan fingerprint density at radius 1 is 1.77 bits per heavy atom. The predicted octanol–water partition coefficient (Wildman–Crippen LogP) is 2.00. The number of nitrogens with zero attached hydrogens (tertiary/aromatic N) is 1. The number of hydrogen-bond acceptors (Lipinski definition) is 3. The van der Waals surface area contributed by atoms with E-state index in [0.717, 1.165) is 0 Å². The highest BCUT2D eigenvalue weighted by molar-refractivity contribution is 5.57. The first kappa shape index (κ1) is 9.25. The van der Waals surface area contributed by atoms with Crippen LogP contribution in [0.2, 0.25) is 0 Å². The highest BCUT2D eigenvalue weighted by Crippen LogP contribution is 2.16. The Morgan fingerprint density at radius 2 is 2.54 bits per heavy atom. The van der Waals surface area contributed by atoms with Crippen molar-refractivity contribution in [3.05, 3.63) is 42.7 Å². The Balaban J connectivity index is 2.78.